The number of para-hydroxylation sites is 1. The summed E-state index contributed by atoms with van der Waals surface area (Å²) in [6.07, 6.45) is 0.675. The number of aliphatic hydroxyl groups is 1. The number of Topliss-reactive ketones (excluding diaryl/α,β-unsaturated/α-hetero) is 1. The molecule has 2 aromatic rings. The number of likely N-dealkylation sites (N-methyl/N-ethyl adjacent to an activating group) is 1. The van der Waals surface area contributed by atoms with E-state index in [9.17, 15) is 19.5 Å². The molecule has 4 aliphatic rings. The average Bonchev–Trinajstić information content (AvgIpc) is 3.47. The Morgan fingerprint density at radius 3 is 2.62 bits per heavy atom. The third-order valence-corrected chi connectivity index (χ3v) is 7.85. The van der Waals surface area contributed by atoms with Gasteiger partial charge < -0.3 is 24.4 Å². The summed E-state index contributed by atoms with van der Waals surface area (Å²) in [6, 6.07) is 12.3. The molecule has 37 heavy (non-hydrogen) atoms. The first-order valence-electron chi connectivity index (χ1n) is 12.6. The van der Waals surface area contributed by atoms with Crippen LogP contribution in [0.15, 0.2) is 48.0 Å². The lowest BCUT2D eigenvalue weighted by molar-refractivity contribution is -0.144. The summed E-state index contributed by atoms with van der Waals surface area (Å²) in [6.45, 7) is 5.19. The number of carbonyl (C=O) groups is 3. The van der Waals surface area contributed by atoms with Gasteiger partial charge in [0, 0.05) is 56.5 Å². The molecule has 1 N–H and O–H groups in total. The quantitative estimate of drug-likeness (QED) is 0.387. The number of amides is 2. The third-order valence-electron chi connectivity index (χ3n) is 7.85. The Balaban J connectivity index is 1.52. The number of rotatable bonds is 4. The topological polar surface area (TPSA) is 99.6 Å². The largest absolute Gasteiger partial charge is 0.507 e. The van der Waals surface area contributed by atoms with E-state index < -0.39 is 23.1 Å². The van der Waals surface area contributed by atoms with Gasteiger partial charge in [-0.3, -0.25) is 19.3 Å². The maximum Gasteiger partial charge on any atom is 0.296 e. The number of morpholine rings is 1. The summed E-state index contributed by atoms with van der Waals surface area (Å²) in [5.41, 5.74) is 0.479. The molecule has 0 aliphatic carbocycles. The zero-order valence-corrected chi connectivity index (χ0v) is 20.9. The molecule has 2 atom stereocenters. The van der Waals surface area contributed by atoms with Crippen LogP contribution in [0.3, 0.4) is 0 Å². The number of hydrogen-bond donors (Lipinski definition) is 1. The molecular weight excluding hydrogens is 474 g/mol. The first-order valence-corrected chi connectivity index (χ1v) is 12.6. The predicted molar refractivity (Wildman–Crippen MR) is 135 cm³/mol. The minimum Gasteiger partial charge on any atom is -0.507 e. The summed E-state index contributed by atoms with van der Waals surface area (Å²) < 4.78 is 11.2. The summed E-state index contributed by atoms with van der Waals surface area (Å²) >= 11 is 0. The minimum absolute atomic E-state index is 0.00805. The van der Waals surface area contributed by atoms with E-state index in [1.165, 1.54) is 9.80 Å². The lowest BCUT2D eigenvalue weighted by atomic mass is 9.81. The number of fused-ring (bicyclic) bond motifs is 3. The van der Waals surface area contributed by atoms with Gasteiger partial charge >= 0.3 is 0 Å². The van der Waals surface area contributed by atoms with Gasteiger partial charge in [-0.15, -0.1) is 0 Å². The Labute approximate surface area is 214 Å². The molecule has 0 saturated carbocycles. The predicted octanol–water partition coefficient (Wildman–Crippen LogP) is 1.89. The van der Waals surface area contributed by atoms with Gasteiger partial charge in [-0.2, -0.15) is 0 Å². The fourth-order valence-corrected chi connectivity index (χ4v) is 6.05. The fourth-order valence-electron chi connectivity index (χ4n) is 6.05. The molecule has 6 rings (SSSR count). The molecular formula is C28H29N3O6. The Kier molecular flexibility index (Phi) is 5.58. The van der Waals surface area contributed by atoms with Gasteiger partial charge in [0.25, 0.3) is 17.6 Å². The standard InChI is InChI=1S/C28H29N3O6/c1-17-15-19-16-18(7-8-22(19)37-17)24(32)23-25(33)26(34)31(10-9-30-11-13-36-14-12-30)28(23)20-5-3-4-6-21(20)29(2)27(28)35/h3-8,16-17,32H,9-15H2,1-2H3/t17-,28+/m1/s1. The van der Waals surface area contributed by atoms with Gasteiger partial charge in [0.2, 0.25) is 0 Å². The van der Waals surface area contributed by atoms with Crippen LogP contribution in [-0.2, 0) is 31.1 Å². The minimum atomic E-state index is -1.74. The van der Waals surface area contributed by atoms with Crippen LogP contribution in [0.1, 0.15) is 23.6 Å². The van der Waals surface area contributed by atoms with Crippen LogP contribution in [0.4, 0.5) is 5.69 Å². The van der Waals surface area contributed by atoms with E-state index >= 15 is 0 Å². The van der Waals surface area contributed by atoms with Crippen LogP contribution in [0, 0.1) is 0 Å². The molecule has 9 nitrogen and oxygen atoms in total. The molecule has 2 saturated heterocycles. The van der Waals surface area contributed by atoms with Crippen molar-refractivity contribution in [3.63, 3.8) is 0 Å². The monoisotopic (exact) mass is 503 g/mol. The van der Waals surface area contributed by atoms with E-state index in [2.05, 4.69) is 4.90 Å². The number of benzene rings is 2. The van der Waals surface area contributed by atoms with Gasteiger partial charge in [0.05, 0.1) is 18.8 Å². The highest BCUT2D eigenvalue weighted by atomic mass is 16.5. The Bertz CT molecular complexity index is 1350. The van der Waals surface area contributed by atoms with Crippen LogP contribution in [0.5, 0.6) is 5.75 Å². The molecule has 4 aliphatic heterocycles. The van der Waals surface area contributed by atoms with Crippen LogP contribution in [-0.4, -0.2) is 85.0 Å². The second-order valence-corrected chi connectivity index (χ2v) is 10.0. The molecule has 0 bridgehead atoms. The van der Waals surface area contributed by atoms with Crippen LogP contribution in [0.2, 0.25) is 0 Å². The van der Waals surface area contributed by atoms with E-state index in [4.69, 9.17) is 9.47 Å². The highest BCUT2D eigenvalue weighted by Gasteiger charge is 2.66. The molecule has 2 aromatic carbocycles. The maximum absolute atomic E-state index is 14.1. The SMILES string of the molecule is C[C@@H]1Cc2cc(C(O)=C3C(=O)C(=O)N(CCN4CCOCC4)[C@]34C(=O)N(C)c3ccccc34)ccc2O1. The van der Waals surface area contributed by atoms with Crippen molar-refractivity contribution in [3.8, 4) is 5.75 Å². The molecule has 2 amide bonds. The molecule has 0 unspecified atom stereocenters. The molecule has 4 heterocycles. The van der Waals surface area contributed by atoms with E-state index in [0.717, 1.165) is 11.3 Å². The average molecular weight is 504 g/mol. The zero-order chi connectivity index (χ0) is 25.9. The smallest absolute Gasteiger partial charge is 0.296 e. The van der Waals surface area contributed by atoms with Crippen molar-refractivity contribution in [2.75, 3.05) is 51.3 Å². The van der Waals surface area contributed by atoms with Gasteiger partial charge in [0.1, 0.15) is 17.6 Å². The molecule has 0 radical (unpaired) electrons. The van der Waals surface area contributed by atoms with Gasteiger partial charge in [0.15, 0.2) is 5.54 Å². The summed E-state index contributed by atoms with van der Waals surface area (Å²) in [5.74, 6) is -1.70. The number of aliphatic hydroxyl groups excluding tert-OH is 1. The van der Waals surface area contributed by atoms with E-state index in [-0.39, 0.29) is 24.0 Å². The Morgan fingerprint density at radius 2 is 1.84 bits per heavy atom. The molecule has 1 spiro atoms. The first kappa shape index (κ1) is 23.7. The number of likely N-dealkylation sites (tertiary alicyclic amines) is 1. The van der Waals surface area contributed by atoms with Crippen molar-refractivity contribution in [2.45, 2.75) is 25.0 Å². The van der Waals surface area contributed by atoms with Crippen molar-refractivity contribution < 1.29 is 29.0 Å². The third kappa shape index (κ3) is 3.41. The Morgan fingerprint density at radius 1 is 1.08 bits per heavy atom. The lowest BCUT2D eigenvalue weighted by Gasteiger charge is -2.36. The first-order chi connectivity index (χ1) is 17.8. The van der Waals surface area contributed by atoms with Crippen molar-refractivity contribution in [2.24, 2.45) is 0 Å². The van der Waals surface area contributed by atoms with Crippen LogP contribution >= 0.6 is 0 Å². The van der Waals surface area contributed by atoms with E-state index in [1.54, 1.807) is 43.4 Å². The lowest BCUT2D eigenvalue weighted by Crippen LogP contribution is -2.53. The van der Waals surface area contributed by atoms with Gasteiger partial charge in [-0.05, 0) is 36.8 Å². The zero-order valence-electron chi connectivity index (χ0n) is 20.9. The van der Waals surface area contributed by atoms with E-state index in [1.807, 2.05) is 13.0 Å². The number of ketones is 1. The molecule has 2 fully saturated rings. The maximum atomic E-state index is 14.1. The van der Waals surface area contributed by atoms with Crippen LogP contribution < -0.4 is 9.64 Å². The fraction of sp³-hybridized carbons (Fsp3) is 0.393. The van der Waals surface area contributed by atoms with Crippen molar-refractivity contribution in [3.05, 3.63) is 64.7 Å². The molecule has 0 aromatic heterocycles. The number of anilines is 1. The number of ether oxygens (including phenoxy) is 2. The second kappa shape index (κ2) is 8.71. The molecule has 192 valence electrons. The highest BCUT2D eigenvalue weighted by molar-refractivity contribution is 6.50. The number of nitrogens with zero attached hydrogens (tertiary/aromatic N) is 3. The van der Waals surface area contributed by atoms with E-state index in [0.29, 0.717) is 56.1 Å². The van der Waals surface area contributed by atoms with Crippen LogP contribution in [0.25, 0.3) is 5.76 Å². The van der Waals surface area contributed by atoms with Crippen molar-refractivity contribution in [1.82, 2.24) is 9.80 Å². The number of carbonyl (C=O) groups excluding carboxylic acids is 3. The molecule has 9 heteroatoms. The van der Waals surface area contributed by atoms with Crippen molar-refractivity contribution in [1.29, 1.82) is 0 Å². The van der Waals surface area contributed by atoms with Gasteiger partial charge in [-0.25, -0.2) is 0 Å². The van der Waals surface area contributed by atoms with Crippen molar-refractivity contribution >= 4 is 29.0 Å². The number of hydrogen-bond acceptors (Lipinski definition) is 7. The summed E-state index contributed by atoms with van der Waals surface area (Å²) in [4.78, 5) is 46.3. The summed E-state index contributed by atoms with van der Waals surface area (Å²) in [7, 11) is 1.63. The highest BCUT2D eigenvalue weighted by Crippen LogP contribution is 2.53. The van der Waals surface area contributed by atoms with Gasteiger partial charge in [-0.1, -0.05) is 18.2 Å². The summed E-state index contributed by atoms with van der Waals surface area (Å²) in [5, 5.41) is 11.6. The normalized spacial score (nSPS) is 26.6. The second-order valence-electron chi connectivity index (χ2n) is 10.0. The Hall–Kier alpha value is -3.69.